The average Bonchev–Trinajstić information content (AvgIpc) is 2.37. The van der Waals surface area contributed by atoms with Crippen LogP contribution in [0.25, 0.3) is 0 Å². The highest BCUT2D eigenvalue weighted by molar-refractivity contribution is 5.29. The molecule has 0 N–H and O–H groups in total. The second-order valence-corrected chi connectivity index (χ2v) is 4.59. The molecule has 0 unspecified atom stereocenters. The SMILES string of the molecule is CCC(C#N)(CC)Cc1ccc(F)c(C(F)(F)F)c1. The molecule has 5 heteroatoms. The number of rotatable bonds is 4. The molecule has 104 valence electrons. The molecule has 0 spiro atoms. The molecule has 0 atom stereocenters. The lowest BCUT2D eigenvalue weighted by Gasteiger charge is -2.23. The Morgan fingerprint density at radius 2 is 1.74 bits per heavy atom. The number of benzene rings is 1. The van der Waals surface area contributed by atoms with E-state index in [0.717, 1.165) is 12.1 Å². The van der Waals surface area contributed by atoms with Gasteiger partial charge in [-0.2, -0.15) is 18.4 Å². The van der Waals surface area contributed by atoms with E-state index in [-0.39, 0.29) is 6.42 Å². The third-order valence-corrected chi connectivity index (χ3v) is 3.47. The number of hydrogen-bond acceptors (Lipinski definition) is 1. The normalized spacial score (nSPS) is 12.3. The zero-order valence-corrected chi connectivity index (χ0v) is 10.8. The van der Waals surface area contributed by atoms with Crippen LogP contribution in [-0.4, -0.2) is 0 Å². The van der Waals surface area contributed by atoms with Gasteiger partial charge < -0.3 is 0 Å². The van der Waals surface area contributed by atoms with Crippen LogP contribution in [0, 0.1) is 22.6 Å². The highest BCUT2D eigenvalue weighted by Gasteiger charge is 2.35. The fourth-order valence-electron chi connectivity index (χ4n) is 1.99. The van der Waals surface area contributed by atoms with Crippen molar-refractivity contribution in [1.82, 2.24) is 0 Å². The lowest BCUT2D eigenvalue weighted by Crippen LogP contribution is -2.20. The summed E-state index contributed by atoms with van der Waals surface area (Å²) in [5, 5.41) is 9.18. The third kappa shape index (κ3) is 3.46. The number of halogens is 4. The molecule has 0 fully saturated rings. The first-order valence-corrected chi connectivity index (χ1v) is 6.05. The van der Waals surface area contributed by atoms with E-state index in [4.69, 9.17) is 0 Å². The van der Waals surface area contributed by atoms with Gasteiger partial charge in [0.25, 0.3) is 0 Å². The summed E-state index contributed by atoms with van der Waals surface area (Å²) in [4.78, 5) is 0. The molecule has 0 aliphatic carbocycles. The molecular formula is C14H15F4N. The highest BCUT2D eigenvalue weighted by Crippen LogP contribution is 2.35. The minimum Gasteiger partial charge on any atom is -0.206 e. The van der Waals surface area contributed by atoms with E-state index in [0.29, 0.717) is 18.4 Å². The molecule has 0 saturated heterocycles. The molecule has 1 rings (SSSR count). The van der Waals surface area contributed by atoms with Gasteiger partial charge in [-0.25, -0.2) is 4.39 Å². The van der Waals surface area contributed by atoms with Crippen LogP contribution in [-0.2, 0) is 12.6 Å². The molecule has 1 aromatic carbocycles. The summed E-state index contributed by atoms with van der Waals surface area (Å²) in [6, 6.07) is 5.08. The number of nitrogens with zero attached hydrogens (tertiary/aromatic N) is 1. The highest BCUT2D eigenvalue weighted by atomic mass is 19.4. The summed E-state index contributed by atoms with van der Waals surface area (Å²) in [5.74, 6) is -1.29. The van der Waals surface area contributed by atoms with Crippen molar-refractivity contribution in [1.29, 1.82) is 5.26 Å². The molecule has 0 amide bonds. The Morgan fingerprint density at radius 1 is 1.16 bits per heavy atom. The van der Waals surface area contributed by atoms with E-state index in [1.807, 2.05) is 13.8 Å². The van der Waals surface area contributed by atoms with Crippen molar-refractivity contribution in [3.05, 3.63) is 35.1 Å². The van der Waals surface area contributed by atoms with E-state index < -0.39 is 23.0 Å². The average molecular weight is 273 g/mol. The first kappa shape index (κ1) is 15.5. The summed E-state index contributed by atoms with van der Waals surface area (Å²) >= 11 is 0. The standard InChI is InChI=1S/C14H15F4N/c1-3-13(4-2,9-19)8-10-5-6-12(15)11(7-10)14(16,17)18/h5-7H,3-4,8H2,1-2H3. The fraction of sp³-hybridized carbons (Fsp3) is 0.500. The van der Waals surface area contributed by atoms with Crippen LogP contribution >= 0.6 is 0 Å². The molecule has 0 bridgehead atoms. The summed E-state index contributed by atoms with van der Waals surface area (Å²) in [7, 11) is 0. The van der Waals surface area contributed by atoms with Crippen molar-refractivity contribution < 1.29 is 17.6 Å². The number of alkyl halides is 3. The van der Waals surface area contributed by atoms with Crippen LogP contribution in [0.5, 0.6) is 0 Å². The zero-order chi connectivity index (χ0) is 14.7. The maximum absolute atomic E-state index is 13.2. The third-order valence-electron chi connectivity index (χ3n) is 3.47. The zero-order valence-electron chi connectivity index (χ0n) is 10.8. The second kappa shape index (κ2) is 5.60. The Labute approximate surface area is 109 Å². The van der Waals surface area contributed by atoms with Gasteiger partial charge in [-0.05, 0) is 37.0 Å². The maximum Gasteiger partial charge on any atom is 0.419 e. The quantitative estimate of drug-likeness (QED) is 0.728. The van der Waals surface area contributed by atoms with Gasteiger partial charge in [-0.15, -0.1) is 0 Å². The smallest absolute Gasteiger partial charge is 0.206 e. The maximum atomic E-state index is 13.2. The van der Waals surface area contributed by atoms with E-state index in [1.165, 1.54) is 6.07 Å². The predicted molar refractivity (Wildman–Crippen MR) is 63.7 cm³/mol. The van der Waals surface area contributed by atoms with Crippen molar-refractivity contribution in [2.75, 3.05) is 0 Å². The predicted octanol–water partition coefficient (Wildman–Crippen LogP) is 4.72. The van der Waals surface area contributed by atoms with Gasteiger partial charge in [0.1, 0.15) is 5.82 Å². The van der Waals surface area contributed by atoms with E-state index in [1.54, 1.807) is 0 Å². The van der Waals surface area contributed by atoms with E-state index in [9.17, 15) is 22.8 Å². The van der Waals surface area contributed by atoms with E-state index in [2.05, 4.69) is 6.07 Å². The van der Waals surface area contributed by atoms with Gasteiger partial charge in [0.2, 0.25) is 0 Å². The topological polar surface area (TPSA) is 23.8 Å². The fourth-order valence-corrected chi connectivity index (χ4v) is 1.99. The van der Waals surface area contributed by atoms with Gasteiger partial charge in [-0.3, -0.25) is 0 Å². The van der Waals surface area contributed by atoms with Crippen molar-refractivity contribution in [3.8, 4) is 6.07 Å². The molecule has 0 aliphatic rings. The Balaban J connectivity index is 3.14. The molecule has 1 nitrogen and oxygen atoms in total. The first-order chi connectivity index (χ1) is 8.78. The Kier molecular flexibility index (Phi) is 4.56. The lowest BCUT2D eigenvalue weighted by molar-refractivity contribution is -0.140. The molecule has 1 aromatic rings. The minimum absolute atomic E-state index is 0.194. The molecule has 0 heterocycles. The first-order valence-electron chi connectivity index (χ1n) is 6.05. The summed E-state index contributed by atoms with van der Waals surface area (Å²) in [6.45, 7) is 3.64. The van der Waals surface area contributed by atoms with Crippen LogP contribution in [0.2, 0.25) is 0 Å². The minimum atomic E-state index is -4.71. The Morgan fingerprint density at radius 3 is 2.16 bits per heavy atom. The molecular weight excluding hydrogens is 258 g/mol. The monoisotopic (exact) mass is 273 g/mol. The number of nitriles is 1. The van der Waals surface area contributed by atoms with Crippen molar-refractivity contribution in [2.45, 2.75) is 39.3 Å². The second-order valence-electron chi connectivity index (χ2n) is 4.59. The molecule has 0 saturated carbocycles. The van der Waals surface area contributed by atoms with Crippen LogP contribution in [0.3, 0.4) is 0 Å². The van der Waals surface area contributed by atoms with Gasteiger partial charge in [0.05, 0.1) is 17.0 Å². The van der Waals surface area contributed by atoms with Crippen LogP contribution in [0.4, 0.5) is 17.6 Å². The summed E-state index contributed by atoms with van der Waals surface area (Å²) in [5.41, 5.74) is -1.64. The van der Waals surface area contributed by atoms with Crippen LogP contribution in [0.15, 0.2) is 18.2 Å². The van der Waals surface area contributed by atoms with Crippen molar-refractivity contribution >= 4 is 0 Å². The lowest BCUT2D eigenvalue weighted by atomic mass is 9.78. The van der Waals surface area contributed by atoms with E-state index >= 15 is 0 Å². The largest absolute Gasteiger partial charge is 0.419 e. The van der Waals surface area contributed by atoms with Crippen molar-refractivity contribution in [3.63, 3.8) is 0 Å². The molecule has 0 radical (unpaired) electrons. The van der Waals surface area contributed by atoms with Crippen LogP contribution in [0.1, 0.15) is 37.8 Å². The molecule has 0 aromatic heterocycles. The summed E-state index contributed by atoms with van der Waals surface area (Å²) in [6.07, 6.45) is -3.44. The Hall–Kier alpha value is -1.57. The Bertz CT molecular complexity index is 481. The molecule has 0 aliphatic heterocycles. The number of hydrogen-bond donors (Lipinski definition) is 0. The van der Waals surface area contributed by atoms with Crippen molar-refractivity contribution in [2.24, 2.45) is 5.41 Å². The summed E-state index contributed by atoms with van der Waals surface area (Å²) < 4.78 is 51.0. The van der Waals surface area contributed by atoms with Gasteiger partial charge in [-0.1, -0.05) is 19.9 Å². The van der Waals surface area contributed by atoms with Gasteiger partial charge in [0, 0.05) is 0 Å². The van der Waals surface area contributed by atoms with Crippen LogP contribution < -0.4 is 0 Å². The van der Waals surface area contributed by atoms with Gasteiger partial charge in [0.15, 0.2) is 0 Å². The van der Waals surface area contributed by atoms with Gasteiger partial charge >= 0.3 is 6.18 Å². The molecule has 19 heavy (non-hydrogen) atoms.